The zero-order chi connectivity index (χ0) is 10.8. The Morgan fingerprint density at radius 1 is 1.14 bits per heavy atom. The number of benzene rings is 1. The van der Waals surface area contributed by atoms with Gasteiger partial charge in [-0.15, -0.1) is 0 Å². The molecule has 78 valence electrons. The number of rotatable bonds is 3. The van der Waals surface area contributed by atoms with Crippen molar-refractivity contribution in [1.82, 2.24) is 0 Å². The van der Waals surface area contributed by atoms with Crippen molar-refractivity contribution in [2.75, 3.05) is 0 Å². The molecule has 4 heteroatoms. The first-order valence-electron chi connectivity index (χ1n) is 4.23. The smallest absolute Gasteiger partial charge is 0.292 e. The lowest BCUT2D eigenvalue weighted by Gasteiger charge is -2.31. The number of hydrogen-bond acceptors (Lipinski definition) is 2. The number of nitrogens with two attached hydrogens (primary N) is 1. The van der Waals surface area contributed by atoms with Crippen molar-refractivity contribution in [3.63, 3.8) is 0 Å². The molecule has 2 N–H and O–H groups in total. The average Bonchev–Trinajstić information content (AvgIpc) is 2.19. The van der Waals surface area contributed by atoms with Gasteiger partial charge in [0.1, 0.15) is 0 Å². The summed E-state index contributed by atoms with van der Waals surface area (Å²) in [4.78, 5) is 4.31. The summed E-state index contributed by atoms with van der Waals surface area (Å²) >= 11 is 0. The van der Waals surface area contributed by atoms with Crippen molar-refractivity contribution in [2.24, 2.45) is 5.90 Å². The van der Waals surface area contributed by atoms with Gasteiger partial charge < -0.3 is 0 Å². The lowest BCUT2D eigenvalue weighted by molar-refractivity contribution is -0.200. The third kappa shape index (κ3) is 1.76. The van der Waals surface area contributed by atoms with Gasteiger partial charge in [0.05, 0.1) is 0 Å². The van der Waals surface area contributed by atoms with Crippen LogP contribution in [0.15, 0.2) is 30.3 Å². The predicted octanol–water partition coefficient (Wildman–Crippen LogP) is 2.45. The van der Waals surface area contributed by atoms with Gasteiger partial charge in [-0.1, -0.05) is 30.3 Å². The molecular formula is C10H13F2NO. The van der Waals surface area contributed by atoms with Crippen LogP contribution in [0.25, 0.3) is 0 Å². The van der Waals surface area contributed by atoms with E-state index in [-0.39, 0.29) is 5.56 Å². The van der Waals surface area contributed by atoms with Crippen molar-refractivity contribution >= 4 is 0 Å². The van der Waals surface area contributed by atoms with Crippen LogP contribution in [0.4, 0.5) is 8.78 Å². The minimum atomic E-state index is -3.11. The standard InChI is InChI=1S/C10H13F2NO/c1-9(2,14-13)10(11,12)8-6-4-3-5-7-8/h3-7H,13H2,1-2H3. The maximum atomic E-state index is 13.7. The molecule has 0 unspecified atom stereocenters. The Morgan fingerprint density at radius 3 is 2.07 bits per heavy atom. The van der Waals surface area contributed by atoms with E-state index in [4.69, 9.17) is 5.90 Å². The lowest BCUT2D eigenvalue weighted by Crippen LogP contribution is -2.44. The fraction of sp³-hybridized carbons (Fsp3) is 0.400. The minimum Gasteiger partial charge on any atom is -0.292 e. The van der Waals surface area contributed by atoms with Crippen LogP contribution in [-0.2, 0) is 10.8 Å². The highest BCUT2D eigenvalue weighted by molar-refractivity contribution is 5.22. The SMILES string of the molecule is CC(C)(ON)C(F)(F)c1ccccc1. The van der Waals surface area contributed by atoms with E-state index in [9.17, 15) is 8.78 Å². The molecular weight excluding hydrogens is 188 g/mol. The maximum Gasteiger partial charge on any atom is 0.302 e. The largest absolute Gasteiger partial charge is 0.302 e. The molecule has 0 aliphatic heterocycles. The molecule has 0 atom stereocenters. The van der Waals surface area contributed by atoms with E-state index in [1.54, 1.807) is 18.2 Å². The summed E-state index contributed by atoms with van der Waals surface area (Å²) in [5, 5.41) is 0. The topological polar surface area (TPSA) is 35.2 Å². The quantitative estimate of drug-likeness (QED) is 0.762. The number of alkyl halides is 2. The van der Waals surface area contributed by atoms with E-state index in [0.717, 1.165) is 0 Å². The summed E-state index contributed by atoms with van der Waals surface area (Å²) in [6.45, 7) is 2.50. The first-order valence-corrected chi connectivity index (χ1v) is 4.23. The Morgan fingerprint density at radius 2 is 1.64 bits per heavy atom. The van der Waals surface area contributed by atoms with E-state index in [1.807, 2.05) is 0 Å². The second-order valence-electron chi connectivity index (χ2n) is 3.57. The Labute approximate surface area is 81.6 Å². The zero-order valence-corrected chi connectivity index (χ0v) is 8.13. The van der Waals surface area contributed by atoms with Crippen LogP contribution in [0, 0.1) is 0 Å². The van der Waals surface area contributed by atoms with E-state index in [2.05, 4.69) is 4.84 Å². The number of hydrogen-bond donors (Lipinski definition) is 1. The Kier molecular flexibility index (Phi) is 2.87. The van der Waals surface area contributed by atoms with Crippen LogP contribution in [0.2, 0.25) is 0 Å². The van der Waals surface area contributed by atoms with Crippen molar-refractivity contribution < 1.29 is 13.6 Å². The molecule has 1 aromatic rings. The third-order valence-corrected chi connectivity index (χ3v) is 2.19. The van der Waals surface area contributed by atoms with Gasteiger partial charge in [-0.05, 0) is 13.8 Å². The van der Waals surface area contributed by atoms with E-state index >= 15 is 0 Å². The lowest BCUT2D eigenvalue weighted by atomic mass is 9.93. The van der Waals surface area contributed by atoms with Gasteiger partial charge in [0.25, 0.3) is 0 Å². The fourth-order valence-electron chi connectivity index (χ4n) is 1.07. The first kappa shape index (κ1) is 11.1. The molecule has 0 aliphatic carbocycles. The van der Waals surface area contributed by atoms with Crippen LogP contribution < -0.4 is 5.90 Å². The van der Waals surface area contributed by atoms with Gasteiger partial charge in [-0.2, -0.15) is 8.78 Å². The number of halogens is 2. The molecule has 0 radical (unpaired) electrons. The molecule has 2 nitrogen and oxygen atoms in total. The van der Waals surface area contributed by atoms with Crippen LogP contribution in [-0.4, -0.2) is 5.60 Å². The molecule has 0 saturated carbocycles. The maximum absolute atomic E-state index is 13.7. The summed E-state index contributed by atoms with van der Waals surface area (Å²) in [7, 11) is 0. The van der Waals surface area contributed by atoms with Gasteiger partial charge in [-0.25, -0.2) is 5.90 Å². The average molecular weight is 201 g/mol. The highest BCUT2D eigenvalue weighted by atomic mass is 19.3. The molecule has 0 heterocycles. The molecule has 0 bridgehead atoms. The summed E-state index contributed by atoms with van der Waals surface area (Å²) in [5.41, 5.74) is -1.82. The van der Waals surface area contributed by atoms with Crippen molar-refractivity contribution in [2.45, 2.75) is 25.4 Å². The highest BCUT2D eigenvalue weighted by Crippen LogP contribution is 2.39. The Balaban J connectivity index is 3.08. The second kappa shape index (κ2) is 3.63. The molecule has 0 spiro atoms. The van der Waals surface area contributed by atoms with Gasteiger partial charge in [-0.3, -0.25) is 4.84 Å². The van der Waals surface area contributed by atoms with E-state index in [1.165, 1.54) is 26.0 Å². The van der Waals surface area contributed by atoms with Gasteiger partial charge in [0.15, 0.2) is 5.60 Å². The van der Waals surface area contributed by atoms with Gasteiger partial charge in [0.2, 0.25) is 0 Å². The van der Waals surface area contributed by atoms with Gasteiger partial charge >= 0.3 is 5.92 Å². The summed E-state index contributed by atoms with van der Waals surface area (Å²) in [5.74, 6) is 1.74. The molecule has 1 aromatic carbocycles. The third-order valence-electron chi connectivity index (χ3n) is 2.19. The van der Waals surface area contributed by atoms with Crippen molar-refractivity contribution in [3.05, 3.63) is 35.9 Å². The first-order chi connectivity index (χ1) is 6.42. The van der Waals surface area contributed by atoms with Crippen LogP contribution in [0.5, 0.6) is 0 Å². The molecule has 1 rings (SSSR count). The van der Waals surface area contributed by atoms with Gasteiger partial charge in [0, 0.05) is 5.56 Å². The molecule has 0 aliphatic rings. The Bertz CT molecular complexity index is 298. The molecule has 0 aromatic heterocycles. The normalized spacial score (nSPS) is 12.9. The van der Waals surface area contributed by atoms with E-state index in [0.29, 0.717) is 0 Å². The van der Waals surface area contributed by atoms with Crippen molar-refractivity contribution in [3.8, 4) is 0 Å². The fourth-order valence-corrected chi connectivity index (χ4v) is 1.07. The molecule has 0 saturated heterocycles. The van der Waals surface area contributed by atoms with Crippen LogP contribution >= 0.6 is 0 Å². The molecule has 0 amide bonds. The Hall–Kier alpha value is -1.00. The molecule has 0 fully saturated rings. The van der Waals surface area contributed by atoms with E-state index < -0.39 is 11.5 Å². The minimum absolute atomic E-state index is 0.101. The zero-order valence-electron chi connectivity index (χ0n) is 8.13. The highest BCUT2D eigenvalue weighted by Gasteiger charge is 2.49. The van der Waals surface area contributed by atoms with Crippen LogP contribution in [0.3, 0.4) is 0 Å². The van der Waals surface area contributed by atoms with Crippen LogP contribution in [0.1, 0.15) is 19.4 Å². The monoisotopic (exact) mass is 201 g/mol. The second-order valence-corrected chi connectivity index (χ2v) is 3.57. The van der Waals surface area contributed by atoms with Crippen molar-refractivity contribution in [1.29, 1.82) is 0 Å². The predicted molar refractivity (Wildman–Crippen MR) is 49.7 cm³/mol. The summed E-state index contributed by atoms with van der Waals surface area (Å²) in [6, 6.07) is 7.48. The summed E-state index contributed by atoms with van der Waals surface area (Å²) in [6.07, 6.45) is 0. The summed E-state index contributed by atoms with van der Waals surface area (Å²) < 4.78 is 27.5. The molecule has 14 heavy (non-hydrogen) atoms.